The molecule has 1 amide bonds. The number of rotatable bonds is 3. The van der Waals surface area contributed by atoms with Crippen molar-refractivity contribution in [2.45, 2.75) is 32.4 Å². The zero-order valence-electron chi connectivity index (χ0n) is 13.2. The minimum Gasteiger partial charge on any atom is -0.479 e. The number of hydrogen-bond acceptors (Lipinski definition) is 3. The molecule has 2 atom stereocenters. The number of carbonyl (C=O) groups excluding carboxylic acids is 1. The highest BCUT2D eigenvalue weighted by Crippen LogP contribution is 2.32. The molecule has 1 heterocycles. The van der Waals surface area contributed by atoms with Gasteiger partial charge in [-0.15, -0.1) is 0 Å². The van der Waals surface area contributed by atoms with E-state index in [1.165, 1.54) is 5.56 Å². The van der Waals surface area contributed by atoms with E-state index >= 15 is 0 Å². The van der Waals surface area contributed by atoms with Crippen molar-refractivity contribution in [3.05, 3.63) is 59.7 Å². The van der Waals surface area contributed by atoms with Crippen LogP contribution < -0.4 is 9.64 Å². The molecule has 0 N–H and O–H groups in total. The number of ether oxygens (including phenoxy) is 1. The Morgan fingerprint density at radius 3 is 2.74 bits per heavy atom. The fourth-order valence-electron chi connectivity index (χ4n) is 3.00. The summed E-state index contributed by atoms with van der Waals surface area (Å²) in [6, 6.07) is 17.1. The van der Waals surface area contributed by atoms with Crippen LogP contribution in [-0.2, 0) is 11.2 Å². The highest BCUT2D eigenvalue weighted by Gasteiger charge is 2.34. The average Bonchev–Trinajstić information content (AvgIpc) is 2.90. The smallest absolute Gasteiger partial charge is 0.268 e. The van der Waals surface area contributed by atoms with Gasteiger partial charge in [-0.25, -0.2) is 0 Å². The van der Waals surface area contributed by atoms with Gasteiger partial charge in [0.05, 0.1) is 5.56 Å². The van der Waals surface area contributed by atoms with Crippen molar-refractivity contribution in [2.24, 2.45) is 0 Å². The van der Waals surface area contributed by atoms with E-state index in [1.807, 2.05) is 25.1 Å². The van der Waals surface area contributed by atoms with Crippen molar-refractivity contribution in [2.75, 3.05) is 4.90 Å². The molecule has 0 spiro atoms. The maximum atomic E-state index is 12.8. The molecule has 0 radical (unpaired) electrons. The second-order valence-corrected chi connectivity index (χ2v) is 5.76. The third-order valence-electron chi connectivity index (χ3n) is 4.10. The van der Waals surface area contributed by atoms with E-state index in [0.717, 1.165) is 12.1 Å². The van der Waals surface area contributed by atoms with Crippen LogP contribution in [0.2, 0.25) is 0 Å². The van der Waals surface area contributed by atoms with Crippen LogP contribution in [0.3, 0.4) is 0 Å². The standard InChI is InChI=1S/C19H18N2O2/c1-13-11-15-7-3-5-9-17(15)21(13)19(22)14(2)23-18-10-6-4-8-16(18)12-20/h3-10,13-14H,11H2,1-2H3/t13-,14-/m0/s1. The molecular weight excluding hydrogens is 288 g/mol. The van der Waals surface area contributed by atoms with Crippen LogP contribution in [0.1, 0.15) is 25.0 Å². The van der Waals surface area contributed by atoms with Gasteiger partial charge in [-0.05, 0) is 44.0 Å². The molecule has 2 aromatic rings. The van der Waals surface area contributed by atoms with Crippen LogP contribution in [0.25, 0.3) is 0 Å². The molecule has 4 nitrogen and oxygen atoms in total. The van der Waals surface area contributed by atoms with E-state index in [9.17, 15) is 4.79 Å². The first kappa shape index (κ1) is 15.1. The predicted molar refractivity (Wildman–Crippen MR) is 88.3 cm³/mol. The Morgan fingerprint density at radius 1 is 1.26 bits per heavy atom. The SMILES string of the molecule is C[C@H](Oc1ccccc1C#N)C(=O)N1c2ccccc2C[C@@H]1C. The summed E-state index contributed by atoms with van der Waals surface area (Å²) in [5, 5.41) is 9.13. The molecule has 3 rings (SSSR count). The third kappa shape index (κ3) is 2.78. The highest BCUT2D eigenvalue weighted by molar-refractivity contribution is 5.99. The first-order valence-corrected chi connectivity index (χ1v) is 7.68. The van der Waals surface area contributed by atoms with Gasteiger partial charge >= 0.3 is 0 Å². The van der Waals surface area contributed by atoms with Crippen molar-refractivity contribution in [1.82, 2.24) is 0 Å². The zero-order valence-corrected chi connectivity index (χ0v) is 13.2. The van der Waals surface area contributed by atoms with Crippen LogP contribution >= 0.6 is 0 Å². The Labute approximate surface area is 135 Å². The monoisotopic (exact) mass is 306 g/mol. The first-order chi connectivity index (χ1) is 11.1. The number of amides is 1. The molecule has 23 heavy (non-hydrogen) atoms. The Hall–Kier alpha value is -2.80. The van der Waals surface area contributed by atoms with Crippen molar-refractivity contribution < 1.29 is 9.53 Å². The zero-order chi connectivity index (χ0) is 16.4. The maximum absolute atomic E-state index is 12.8. The molecule has 0 bridgehead atoms. The molecule has 4 heteroatoms. The van der Waals surface area contributed by atoms with Gasteiger partial charge in [0.1, 0.15) is 11.8 Å². The van der Waals surface area contributed by atoms with Crippen LogP contribution in [0.15, 0.2) is 48.5 Å². The van der Waals surface area contributed by atoms with Gasteiger partial charge in [0.15, 0.2) is 6.10 Å². The van der Waals surface area contributed by atoms with Gasteiger partial charge < -0.3 is 9.64 Å². The molecule has 2 aromatic carbocycles. The summed E-state index contributed by atoms with van der Waals surface area (Å²) in [6.07, 6.45) is 0.196. The summed E-state index contributed by atoms with van der Waals surface area (Å²) in [5.74, 6) is 0.353. The number of benzene rings is 2. The Morgan fingerprint density at radius 2 is 1.96 bits per heavy atom. The molecule has 116 valence electrons. The van der Waals surface area contributed by atoms with E-state index in [0.29, 0.717) is 11.3 Å². The third-order valence-corrected chi connectivity index (χ3v) is 4.10. The highest BCUT2D eigenvalue weighted by atomic mass is 16.5. The minimum absolute atomic E-state index is 0.0878. The number of anilines is 1. The number of carbonyl (C=O) groups is 1. The molecule has 0 fully saturated rings. The van der Waals surface area contributed by atoms with Gasteiger partial charge in [-0.2, -0.15) is 5.26 Å². The fraction of sp³-hybridized carbons (Fsp3) is 0.263. The van der Waals surface area contributed by atoms with Crippen LogP contribution in [0.5, 0.6) is 5.75 Å². The molecule has 0 aliphatic carbocycles. The van der Waals surface area contributed by atoms with Crippen molar-refractivity contribution >= 4 is 11.6 Å². The first-order valence-electron chi connectivity index (χ1n) is 7.68. The summed E-state index contributed by atoms with van der Waals surface area (Å²) >= 11 is 0. The Balaban J connectivity index is 1.82. The average molecular weight is 306 g/mol. The summed E-state index contributed by atoms with van der Waals surface area (Å²) in [6.45, 7) is 3.76. The lowest BCUT2D eigenvalue weighted by molar-refractivity contribution is -0.124. The van der Waals surface area contributed by atoms with Gasteiger partial charge in [0.25, 0.3) is 5.91 Å². The Bertz CT molecular complexity index is 779. The number of fused-ring (bicyclic) bond motifs is 1. The van der Waals surface area contributed by atoms with Crippen LogP contribution in [0, 0.1) is 11.3 Å². The lowest BCUT2D eigenvalue weighted by Gasteiger charge is -2.26. The number of hydrogen-bond donors (Lipinski definition) is 0. The molecule has 1 aliphatic rings. The van der Waals surface area contributed by atoms with Gasteiger partial charge in [-0.3, -0.25) is 4.79 Å². The molecule has 0 unspecified atom stereocenters. The van der Waals surface area contributed by atoms with Crippen molar-refractivity contribution in [3.8, 4) is 11.8 Å². The molecule has 0 saturated heterocycles. The second kappa shape index (κ2) is 6.13. The number of nitrogens with zero attached hydrogens (tertiary/aromatic N) is 2. The topological polar surface area (TPSA) is 53.3 Å². The molecular formula is C19H18N2O2. The predicted octanol–water partition coefficient (Wildman–Crippen LogP) is 3.30. The van der Waals surface area contributed by atoms with Gasteiger partial charge in [0, 0.05) is 11.7 Å². The summed E-state index contributed by atoms with van der Waals surface area (Å²) in [7, 11) is 0. The van der Waals surface area contributed by atoms with Crippen LogP contribution in [-0.4, -0.2) is 18.1 Å². The largest absolute Gasteiger partial charge is 0.479 e. The van der Waals surface area contributed by atoms with E-state index in [4.69, 9.17) is 10.00 Å². The van der Waals surface area contributed by atoms with E-state index in [1.54, 1.807) is 36.1 Å². The summed E-state index contributed by atoms with van der Waals surface area (Å²) < 4.78 is 5.76. The van der Waals surface area contributed by atoms with Crippen molar-refractivity contribution in [3.63, 3.8) is 0 Å². The summed E-state index contributed by atoms with van der Waals surface area (Å²) in [4.78, 5) is 14.6. The van der Waals surface area contributed by atoms with Gasteiger partial charge in [-0.1, -0.05) is 30.3 Å². The van der Waals surface area contributed by atoms with E-state index in [2.05, 4.69) is 12.1 Å². The molecule has 1 aliphatic heterocycles. The second-order valence-electron chi connectivity index (χ2n) is 5.76. The minimum atomic E-state index is -0.655. The van der Waals surface area contributed by atoms with Crippen LogP contribution in [0.4, 0.5) is 5.69 Å². The number of nitriles is 1. The molecule has 0 saturated carbocycles. The quantitative estimate of drug-likeness (QED) is 0.874. The van der Waals surface area contributed by atoms with E-state index < -0.39 is 6.10 Å². The lowest BCUT2D eigenvalue weighted by atomic mass is 10.1. The maximum Gasteiger partial charge on any atom is 0.268 e. The normalized spacial score (nSPS) is 17.3. The van der Waals surface area contributed by atoms with Gasteiger partial charge in [0.2, 0.25) is 0 Å². The molecule has 0 aromatic heterocycles. The van der Waals surface area contributed by atoms with E-state index in [-0.39, 0.29) is 11.9 Å². The lowest BCUT2D eigenvalue weighted by Crippen LogP contribution is -2.43. The summed E-state index contributed by atoms with van der Waals surface area (Å²) in [5.41, 5.74) is 2.56. The fourth-order valence-corrected chi connectivity index (χ4v) is 3.00. The number of para-hydroxylation sites is 2. The van der Waals surface area contributed by atoms with Crippen molar-refractivity contribution in [1.29, 1.82) is 5.26 Å². The Kier molecular flexibility index (Phi) is 4.03.